The van der Waals surface area contributed by atoms with Gasteiger partial charge in [0.05, 0.1) is 11.1 Å². The van der Waals surface area contributed by atoms with Crippen molar-refractivity contribution in [2.45, 2.75) is 0 Å². The summed E-state index contributed by atoms with van der Waals surface area (Å²) in [5.41, 5.74) is 7.45. The van der Waals surface area contributed by atoms with Gasteiger partial charge in [0.25, 0.3) is 5.91 Å². The SMILES string of the molecule is NC(=O)c1c(C=O)ccc2c1[nH]c1ccccc12. The third-order valence-electron chi connectivity index (χ3n) is 3.09. The Morgan fingerprint density at radius 1 is 1.11 bits per heavy atom. The van der Waals surface area contributed by atoms with Crippen LogP contribution in [0.5, 0.6) is 0 Å². The Labute approximate surface area is 102 Å². The monoisotopic (exact) mass is 238 g/mol. The lowest BCUT2D eigenvalue weighted by molar-refractivity contribution is 0.0994. The van der Waals surface area contributed by atoms with E-state index in [9.17, 15) is 9.59 Å². The van der Waals surface area contributed by atoms with E-state index in [1.807, 2.05) is 30.3 Å². The Morgan fingerprint density at radius 3 is 2.61 bits per heavy atom. The molecular weight excluding hydrogens is 228 g/mol. The molecule has 4 heteroatoms. The first kappa shape index (κ1) is 10.5. The fourth-order valence-corrected chi connectivity index (χ4v) is 2.30. The molecule has 0 radical (unpaired) electrons. The molecule has 1 amide bonds. The minimum Gasteiger partial charge on any atom is -0.366 e. The maximum Gasteiger partial charge on any atom is 0.251 e. The fourth-order valence-electron chi connectivity index (χ4n) is 2.30. The van der Waals surface area contributed by atoms with Crippen LogP contribution in [0.3, 0.4) is 0 Å². The molecule has 0 aliphatic carbocycles. The van der Waals surface area contributed by atoms with Crippen molar-refractivity contribution in [2.75, 3.05) is 0 Å². The highest BCUT2D eigenvalue weighted by molar-refractivity contribution is 6.17. The highest BCUT2D eigenvalue weighted by Gasteiger charge is 2.15. The molecule has 0 saturated heterocycles. The molecule has 2 aromatic carbocycles. The van der Waals surface area contributed by atoms with Crippen LogP contribution in [0.2, 0.25) is 0 Å². The molecule has 3 N–H and O–H groups in total. The first-order valence-corrected chi connectivity index (χ1v) is 5.51. The number of amides is 1. The molecule has 4 nitrogen and oxygen atoms in total. The first-order valence-electron chi connectivity index (χ1n) is 5.51. The normalized spacial score (nSPS) is 10.9. The van der Waals surface area contributed by atoms with E-state index in [4.69, 9.17) is 5.73 Å². The van der Waals surface area contributed by atoms with Crippen LogP contribution in [0.15, 0.2) is 36.4 Å². The molecule has 0 bridgehead atoms. The second kappa shape index (κ2) is 3.70. The number of aromatic amines is 1. The molecule has 0 spiro atoms. The highest BCUT2D eigenvalue weighted by atomic mass is 16.1. The average Bonchev–Trinajstić information content (AvgIpc) is 2.75. The molecule has 3 rings (SSSR count). The molecule has 0 unspecified atom stereocenters. The molecule has 1 heterocycles. The number of carbonyl (C=O) groups is 2. The summed E-state index contributed by atoms with van der Waals surface area (Å²) < 4.78 is 0. The zero-order valence-corrected chi connectivity index (χ0v) is 9.44. The van der Waals surface area contributed by atoms with Crippen LogP contribution in [0.4, 0.5) is 0 Å². The van der Waals surface area contributed by atoms with Gasteiger partial charge in [0.15, 0.2) is 6.29 Å². The Morgan fingerprint density at radius 2 is 1.89 bits per heavy atom. The quantitative estimate of drug-likeness (QED) is 0.672. The van der Waals surface area contributed by atoms with Crippen molar-refractivity contribution in [1.29, 1.82) is 0 Å². The second-order valence-electron chi connectivity index (χ2n) is 4.11. The largest absolute Gasteiger partial charge is 0.366 e. The van der Waals surface area contributed by atoms with Gasteiger partial charge in [0.2, 0.25) is 0 Å². The fraction of sp³-hybridized carbons (Fsp3) is 0. The molecule has 18 heavy (non-hydrogen) atoms. The van der Waals surface area contributed by atoms with Gasteiger partial charge in [-0.15, -0.1) is 0 Å². The molecule has 1 aromatic heterocycles. The van der Waals surface area contributed by atoms with Crippen molar-refractivity contribution in [1.82, 2.24) is 4.98 Å². The van der Waals surface area contributed by atoms with E-state index in [-0.39, 0.29) is 5.56 Å². The van der Waals surface area contributed by atoms with Gasteiger partial charge in [-0.2, -0.15) is 0 Å². The summed E-state index contributed by atoms with van der Waals surface area (Å²) in [7, 11) is 0. The number of benzene rings is 2. The third kappa shape index (κ3) is 1.32. The van der Waals surface area contributed by atoms with E-state index in [1.54, 1.807) is 6.07 Å². The number of para-hydroxylation sites is 1. The minimum absolute atomic E-state index is 0.249. The number of hydrogen-bond acceptors (Lipinski definition) is 2. The summed E-state index contributed by atoms with van der Waals surface area (Å²) in [6.07, 6.45) is 0.644. The minimum atomic E-state index is -0.603. The summed E-state index contributed by atoms with van der Waals surface area (Å²) in [6.45, 7) is 0. The predicted molar refractivity (Wildman–Crippen MR) is 69.7 cm³/mol. The van der Waals surface area contributed by atoms with Crippen LogP contribution in [0.1, 0.15) is 20.7 Å². The molecule has 0 aliphatic heterocycles. The van der Waals surface area contributed by atoms with Gasteiger partial charge in [-0.3, -0.25) is 9.59 Å². The number of hydrogen-bond donors (Lipinski definition) is 2. The summed E-state index contributed by atoms with van der Waals surface area (Å²) in [6, 6.07) is 11.1. The maximum atomic E-state index is 11.5. The predicted octanol–water partition coefficient (Wildman–Crippen LogP) is 2.23. The van der Waals surface area contributed by atoms with E-state index in [2.05, 4.69) is 4.98 Å². The molecule has 0 saturated carbocycles. The summed E-state index contributed by atoms with van der Waals surface area (Å²) in [5, 5.41) is 1.90. The van der Waals surface area contributed by atoms with Crippen LogP contribution in [-0.4, -0.2) is 17.2 Å². The number of nitrogens with two attached hydrogens (primary N) is 1. The van der Waals surface area contributed by atoms with Crippen LogP contribution < -0.4 is 5.73 Å². The van der Waals surface area contributed by atoms with E-state index < -0.39 is 5.91 Å². The Balaban J connectivity index is 2.55. The van der Waals surface area contributed by atoms with Crippen molar-refractivity contribution >= 4 is 34.0 Å². The van der Waals surface area contributed by atoms with Gasteiger partial charge in [0, 0.05) is 21.9 Å². The number of carbonyl (C=O) groups excluding carboxylic acids is 2. The molecule has 0 atom stereocenters. The van der Waals surface area contributed by atoms with E-state index >= 15 is 0 Å². The molecule has 88 valence electrons. The molecular formula is C14H10N2O2. The van der Waals surface area contributed by atoms with E-state index in [0.717, 1.165) is 16.3 Å². The average molecular weight is 238 g/mol. The van der Waals surface area contributed by atoms with Gasteiger partial charge < -0.3 is 10.7 Å². The maximum absolute atomic E-state index is 11.5. The number of primary amides is 1. The lowest BCUT2D eigenvalue weighted by Crippen LogP contribution is -2.14. The van der Waals surface area contributed by atoms with E-state index in [1.165, 1.54) is 0 Å². The van der Waals surface area contributed by atoms with Crippen LogP contribution in [0.25, 0.3) is 21.8 Å². The van der Waals surface area contributed by atoms with Gasteiger partial charge in [0.1, 0.15) is 0 Å². The number of H-pyrrole nitrogens is 1. The Kier molecular flexibility index (Phi) is 2.16. The second-order valence-corrected chi connectivity index (χ2v) is 4.11. The van der Waals surface area contributed by atoms with Crippen molar-refractivity contribution in [2.24, 2.45) is 5.73 Å². The highest BCUT2D eigenvalue weighted by Crippen LogP contribution is 2.28. The van der Waals surface area contributed by atoms with Crippen LogP contribution in [0, 0.1) is 0 Å². The zero-order valence-electron chi connectivity index (χ0n) is 9.44. The molecule has 3 aromatic rings. The first-order chi connectivity index (χ1) is 8.72. The lowest BCUT2D eigenvalue weighted by Gasteiger charge is -2.01. The smallest absolute Gasteiger partial charge is 0.251 e. The zero-order chi connectivity index (χ0) is 12.7. The Bertz CT molecular complexity index is 787. The summed E-state index contributed by atoms with van der Waals surface area (Å²) >= 11 is 0. The standard InChI is InChI=1S/C14H10N2O2/c15-14(18)12-8(7-17)5-6-10-9-3-1-2-4-11(9)16-13(10)12/h1-7,16H,(H2,15,18). The number of nitrogens with one attached hydrogen (secondary N) is 1. The van der Waals surface area contributed by atoms with Gasteiger partial charge in [-0.1, -0.05) is 30.3 Å². The molecule has 0 aliphatic rings. The number of fused-ring (bicyclic) bond motifs is 3. The third-order valence-corrected chi connectivity index (χ3v) is 3.09. The van der Waals surface area contributed by atoms with Gasteiger partial charge in [-0.05, 0) is 6.07 Å². The number of aromatic nitrogens is 1. The van der Waals surface area contributed by atoms with Crippen molar-refractivity contribution < 1.29 is 9.59 Å². The van der Waals surface area contributed by atoms with Crippen molar-refractivity contribution in [3.63, 3.8) is 0 Å². The lowest BCUT2D eigenvalue weighted by atomic mass is 10.0. The summed E-state index contributed by atoms with van der Waals surface area (Å²) in [4.78, 5) is 25.6. The van der Waals surface area contributed by atoms with Gasteiger partial charge >= 0.3 is 0 Å². The van der Waals surface area contributed by atoms with E-state index in [0.29, 0.717) is 17.4 Å². The van der Waals surface area contributed by atoms with Crippen molar-refractivity contribution in [3.8, 4) is 0 Å². The van der Waals surface area contributed by atoms with Crippen LogP contribution >= 0.6 is 0 Å². The Hall–Kier alpha value is -2.62. The number of aldehydes is 1. The van der Waals surface area contributed by atoms with Crippen molar-refractivity contribution in [3.05, 3.63) is 47.5 Å². The molecule has 0 fully saturated rings. The summed E-state index contributed by atoms with van der Waals surface area (Å²) in [5.74, 6) is -0.603. The van der Waals surface area contributed by atoms with Gasteiger partial charge in [-0.25, -0.2) is 0 Å². The number of rotatable bonds is 2. The topological polar surface area (TPSA) is 76.0 Å². The van der Waals surface area contributed by atoms with Crippen LogP contribution in [-0.2, 0) is 0 Å².